The summed E-state index contributed by atoms with van der Waals surface area (Å²) in [4.78, 5) is 22.9. The fraction of sp³-hybridized carbons (Fsp3) is 0.833. The van der Waals surface area contributed by atoms with Gasteiger partial charge in [-0.3, -0.25) is 9.59 Å². The van der Waals surface area contributed by atoms with Crippen LogP contribution in [0.2, 0.25) is 19.1 Å². The summed E-state index contributed by atoms with van der Waals surface area (Å²) in [5, 5.41) is 5.36. The minimum absolute atomic E-state index is 0.00741. The van der Waals surface area contributed by atoms with E-state index in [0.29, 0.717) is 12.5 Å². The van der Waals surface area contributed by atoms with Crippen molar-refractivity contribution < 1.29 is 14.0 Å². The van der Waals surface area contributed by atoms with Gasteiger partial charge in [-0.25, -0.2) is 0 Å². The van der Waals surface area contributed by atoms with E-state index in [4.69, 9.17) is 4.43 Å². The highest BCUT2D eigenvalue weighted by Crippen LogP contribution is 2.08. The molecule has 0 heterocycles. The second kappa shape index (κ2) is 9.10. The molecule has 0 aromatic carbocycles. The van der Waals surface area contributed by atoms with Gasteiger partial charge in [-0.1, -0.05) is 19.8 Å². The summed E-state index contributed by atoms with van der Waals surface area (Å²) < 4.78 is 5.29. The SMILES string of the molecule is CCCCCC(=O)NCNC(=O)C[Si](C)(C)OC. The highest BCUT2D eigenvalue weighted by atomic mass is 28.4. The van der Waals surface area contributed by atoms with E-state index >= 15 is 0 Å². The molecule has 0 unspecified atom stereocenters. The summed E-state index contributed by atoms with van der Waals surface area (Å²) in [6, 6.07) is 0.412. The van der Waals surface area contributed by atoms with Gasteiger partial charge in [-0.05, 0) is 19.5 Å². The van der Waals surface area contributed by atoms with Crippen molar-refractivity contribution in [1.82, 2.24) is 10.6 Å². The quantitative estimate of drug-likeness (QED) is 0.381. The van der Waals surface area contributed by atoms with Crippen molar-refractivity contribution >= 4 is 20.1 Å². The Labute approximate surface area is 111 Å². The molecular formula is C12H26N2O3Si. The van der Waals surface area contributed by atoms with E-state index in [9.17, 15) is 9.59 Å². The number of nitrogens with one attached hydrogen (secondary N) is 2. The third kappa shape index (κ3) is 9.18. The van der Waals surface area contributed by atoms with Gasteiger partial charge in [-0.15, -0.1) is 0 Å². The van der Waals surface area contributed by atoms with E-state index in [-0.39, 0.29) is 18.5 Å². The topological polar surface area (TPSA) is 67.4 Å². The first-order valence-electron chi connectivity index (χ1n) is 6.50. The first-order valence-corrected chi connectivity index (χ1v) is 9.61. The minimum atomic E-state index is -1.87. The normalized spacial score (nSPS) is 11.1. The van der Waals surface area contributed by atoms with Crippen LogP contribution in [0.15, 0.2) is 0 Å². The van der Waals surface area contributed by atoms with Gasteiger partial charge in [0.25, 0.3) is 0 Å². The van der Waals surface area contributed by atoms with Gasteiger partial charge in [0.15, 0.2) is 8.32 Å². The molecule has 2 amide bonds. The Morgan fingerprint density at radius 3 is 2.28 bits per heavy atom. The van der Waals surface area contributed by atoms with Crippen LogP contribution in [0.25, 0.3) is 0 Å². The summed E-state index contributed by atoms with van der Waals surface area (Å²) in [7, 11) is -0.234. The maximum Gasteiger partial charge on any atom is 0.221 e. The third-order valence-corrected chi connectivity index (χ3v) is 5.00. The summed E-state index contributed by atoms with van der Waals surface area (Å²) >= 11 is 0. The Hall–Kier alpha value is -0.883. The molecule has 0 fully saturated rings. The molecule has 0 aliphatic rings. The third-order valence-electron chi connectivity index (χ3n) is 2.72. The number of carbonyl (C=O) groups excluding carboxylic acids is 2. The lowest BCUT2D eigenvalue weighted by Gasteiger charge is -2.19. The highest BCUT2D eigenvalue weighted by Gasteiger charge is 2.24. The van der Waals surface area contributed by atoms with Crippen LogP contribution in [0.4, 0.5) is 0 Å². The molecule has 106 valence electrons. The molecule has 0 aromatic heterocycles. The van der Waals surface area contributed by atoms with Crippen molar-refractivity contribution in [3.63, 3.8) is 0 Å². The fourth-order valence-electron chi connectivity index (χ4n) is 1.39. The maximum absolute atomic E-state index is 11.6. The molecule has 2 N–H and O–H groups in total. The van der Waals surface area contributed by atoms with Crippen LogP contribution in [0.3, 0.4) is 0 Å². The zero-order valence-electron chi connectivity index (χ0n) is 12.0. The molecule has 0 aliphatic carbocycles. The largest absolute Gasteiger partial charge is 0.420 e. The Balaban J connectivity index is 3.65. The number of rotatable bonds is 9. The van der Waals surface area contributed by atoms with Crippen LogP contribution in [-0.4, -0.2) is 33.9 Å². The molecule has 0 radical (unpaired) electrons. The monoisotopic (exact) mass is 274 g/mol. The van der Waals surface area contributed by atoms with Crippen LogP contribution in [0.5, 0.6) is 0 Å². The Kier molecular flexibility index (Phi) is 8.65. The molecule has 0 saturated carbocycles. The van der Waals surface area contributed by atoms with Crippen LogP contribution < -0.4 is 10.6 Å². The van der Waals surface area contributed by atoms with Crippen molar-refractivity contribution in [3.05, 3.63) is 0 Å². The smallest absolute Gasteiger partial charge is 0.221 e. The highest BCUT2D eigenvalue weighted by molar-refractivity contribution is 6.74. The zero-order valence-corrected chi connectivity index (χ0v) is 13.0. The second-order valence-electron chi connectivity index (χ2n) is 4.97. The lowest BCUT2D eigenvalue weighted by molar-refractivity contribution is -0.122. The average molecular weight is 274 g/mol. The molecule has 0 spiro atoms. The van der Waals surface area contributed by atoms with Crippen molar-refractivity contribution in [2.24, 2.45) is 0 Å². The molecule has 0 bridgehead atoms. The lowest BCUT2D eigenvalue weighted by Crippen LogP contribution is -2.41. The first-order chi connectivity index (χ1) is 8.41. The van der Waals surface area contributed by atoms with Gasteiger partial charge in [-0.2, -0.15) is 0 Å². The van der Waals surface area contributed by atoms with E-state index < -0.39 is 8.32 Å². The summed E-state index contributed by atoms with van der Waals surface area (Å²) in [6.45, 7) is 6.27. The molecule has 0 saturated heterocycles. The minimum Gasteiger partial charge on any atom is -0.420 e. The van der Waals surface area contributed by atoms with Gasteiger partial charge in [0.1, 0.15) is 0 Å². The second-order valence-corrected chi connectivity index (χ2v) is 9.26. The number of hydrogen-bond donors (Lipinski definition) is 2. The van der Waals surface area contributed by atoms with Crippen molar-refractivity contribution in [2.45, 2.75) is 51.7 Å². The van der Waals surface area contributed by atoms with Crippen molar-refractivity contribution in [1.29, 1.82) is 0 Å². The number of unbranched alkanes of at least 4 members (excludes halogenated alkanes) is 2. The zero-order chi connectivity index (χ0) is 14.0. The number of hydrogen-bond acceptors (Lipinski definition) is 3. The molecular weight excluding hydrogens is 248 g/mol. The van der Waals surface area contributed by atoms with E-state index in [1.165, 1.54) is 0 Å². The van der Waals surface area contributed by atoms with Gasteiger partial charge in [0.2, 0.25) is 11.8 Å². The first kappa shape index (κ1) is 17.1. The predicted molar refractivity (Wildman–Crippen MR) is 74.6 cm³/mol. The number of carbonyl (C=O) groups is 2. The van der Waals surface area contributed by atoms with E-state index in [1.807, 2.05) is 13.1 Å². The molecule has 0 aromatic rings. The molecule has 0 atom stereocenters. The Morgan fingerprint density at radius 1 is 1.11 bits per heavy atom. The molecule has 0 aliphatic heterocycles. The fourth-order valence-corrected chi connectivity index (χ4v) is 2.43. The van der Waals surface area contributed by atoms with Gasteiger partial charge in [0, 0.05) is 19.6 Å². The lowest BCUT2D eigenvalue weighted by atomic mass is 10.2. The molecule has 0 rings (SSSR count). The molecule has 6 heteroatoms. The Morgan fingerprint density at radius 2 is 1.72 bits per heavy atom. The van der Waals surface area contributed by atoms with Gasteiger partial charge >= 0.3 is 0 Å². The summed E-state index contributed by atoms with van der Waals surface area (Å²) in [6.07, 6.45) is 3.59. The average Bonchev–Trinajstić information content (AvgIpc) is 2.28. The maximum atomic E-state index is 11.6. The number of amides is 2. The summed E-state index contributed by atoms with van der Waals surface area (Å²) in [5.41, 5.74) is 0. The van der Waals surface area contributed by atoms with Crippen LogP contribution in [0, 0.1) is 0 Å². The van der Waals surface area contributed by atoms with E-state index in [1.54, 1.807) is 7.11 Å². The standard InChI is InChI=1S/C12H26N2O3Si/c1-5-6-7-8-11(15)13-10-14-12(16)9-18(3,4)17-2/h5-10H2,1-4H3,(H,13,15)(H,14,16). The predicted octanol–water partition coefficient (Wildman–Crippen LogP) is 1.61. The van der Waals surface area contributed by atoms with Crippen LogP contribution in [0.1, 0.15) is 32.6 Å². The Bertz CT molecular complexity index is 270. The van der Waals surface area contributed by atoms with Crippen molar-refractivity contribution in [2.75, 3.05) is 13.8 Å². The summed E-state index contributed by atoms with van der Waals surface area (Å²) in [5.74, 6) is -0.0747. The van der Waals surface area contributed by atoms with Crippen LogP contribution >= 0.6 is 0 Å². The van der Waals surface area contributed by atoms with E-state index in [2.05, 4.69) is 17.6 Å². The van der Waals surface area contributed by atoms with E-state index in [0.717, 1.165) is 19.3 Å². The molecule has 5 nitrogen and oxygen atoms in total. The van der Waals surface area contributed by atoms with Gasteiger partial charge < -0.3 is 15.1 Å². The van der Waals surface area contributed by atoms with Gasteiger partial charge in [0.05, 0.1) is 6.67 Å². The molecule has 18 heavy (non-hydrogen) atoms. The van der Waals surface area contributed by atoms with Crippen molar-refractivity contribution in [3.8, 4) is 0 Å². The van der Waals surface area contributed by atoms with Crippen LogP contribution in [-0.2, 0) is 14.0 Å².